The zero-order valence-corrected chi connectivity index (χ0v) is 11.2. The van der Waals surface area contributed by atoms with Crippen molar-refractivity contribution in [3.63, 3.8) is 0 Å². The van der Waals surface area contributed by atoms with Crippen molar-refractivity contribution in [2.24, 2.45) is 13.0 Å². The van der Waals surface area contributed by atoms with Crippen molar-refractivity contribution in [1.29, 1.82) is 0 Å². The summed E-state index contributed by atoms with van der Waals surface area (Å²) in [5.41, 5.74) is 5.05. The predicted octanol–water partition coefficient (Wildman–Crippen LogP) is 0.894. The minimum Gasteiger partial charge on any atom is -0.383 e. The van der Waals surface area contributed by atoms with Crippen LogP contribution in [0.15, 0.2) is 9.59 Å². The Bertz CT molecular complexity index is 502. The number of hydrogen-bond donors (Lipinski definition) is 3. The minimum atomic E-state index is -0.497. The number of nitrogens with two attached hydrogens (primary N) is 1. The molecule has 1 rings (SSSR count). The fraction of sp³-hybridized carbons (Fsp3) is 0.667. The van der Waals surface area contributed by atoms with Crippen molar-refractivity contribution in [2.75, 3.05) is 17.6 Å². The number of nitrogens with one attached hydrogen (secondary N) is 2. The van der Waals surface area contributed by atoms with Crippen molar-refractivity contribution in [3.8, 4) is 0 Å². The second-order valence-corrected chi connectivity index (χ2v) is 4.89. The van der Waals surface area contributed by atoms with Gasteiger partial charge in [-0.2, -0.15) is 0 Å². The van der Waals surface area contributed by atoms with Crippen LogP contribution in [0.25, 0.3) is 0 Å². The van der Waals surface area contributed by atoms with Crippen molar-refractivity contribution in [3.05, 3.63) is 20.8 Å². The van der Waals surface area contributed by atoms with Crippen LogP contribution >= 0.6 is 0 Å². The highest BCUT2D eigenvalue weighted by molar-refractivity contribution is 5.60. The monoisotopic (exact) mass is 254 g/mol. The van der Waals surface area contributed by atoms with Crippen LogP contribution in [0, 0.1) is 5.92 Å². The van der Waals surface area contributed by atoms with Crippen molar-refractivity contribution < 1.29 is 0 Å². The van der Waals surface area contributed by atoms with Gasteiger partial charge in [0.1, 0.15) is 11.5 Å². The Morgan fingerprint density at radius 3 is 2.61 bits per heavy atom. The van der Waals surface area contributed by atoms with Crippen molar-refractivity contribution in [2.45, 2.75) is 33.1 Å². The molecule has 0 spiro atoms. The number of aromatic nitrogens is 2. The van der Waals surface area contributed by atoms with Crippen molar-refractivity contribution >= 4 is 11.5 Å². The number of aromatic amines is 1. The van der Waals surface area contributed by atoms with E-state index in [1.54, 1.807) is 0 Å². The van der Waals surface area contributed by atoms with Crippen LogP contribution in [0.1, 0.15) is 33.1 Å². The number of nitrogen functional groups attached to an aromatic ring is 1. The van der Waals surface area contributed by atoms with E-state index < -0.39 is 11.2 Å². The molecule has 4 N–H and O–H groups in total. The summed E-state index contributed by atoms with van der Waals surface area (Å²) in [4.78, 5) is 25.1. The van der Waals surface area contributed by atoms with Gasteiger partial charge in [0.15, 0.2) is 0 Å². The van der Waals surface area contributed by atoms with Crippen LogP contribution < -0.4 is 22.3 Å². The maximum atomic E-state index is 11.6. The molecule has 1 heterocycles. The number of anilines is 2. The SMILES string of the molecule is CC(C)CCCCNc1c(N)n(C)c(=O)[nH]c1=O. The molecule has 0 radical (unpaired) electrons. The highest BCUT2D eigenvalue weighted by atomic mass is 16.2. The van der Waals surface area contributed by atoms with Gasteiger partial charge in [0.25, 0.3) is 5.56 Å². The molecule has 0 fully saturated rings. The lowest BCUT2D eigenvalue weighted by atomic mass is 10.1. The Hall–Kier alpha value is -1.72. The Labute approximate surface area is 106 Å². The fourth-order valence-electron chi connectivity index (χ4n) is 1.70. The van der Waals surface area contributed by atoms with Gasteiger partial charge in [0, 0.05) is 13.6 Å². The number of nitrogens with zero attached hydrogens (tertiary/aromatic N) is 1. The minimum absolute atomic E-state index is 0.174. The molecule has 0 aliphatic heterocycles. The van der Waals surface area contributed by atoms with Gasteiger partial charge in [-0.25, -0.2) is 4.79 Å². The lowest BCUT2D eigenvalue weighted by Gasteiger charge is -2.11. The third-order valence-electron chi connectivity index (χ3n) is 2.88. The van der Waals surface area contributed by atoms with Crippen LogP contribution in [0.2, 0.25) is 0 Å². The van der Waals surface area contributed by atoms with E-state index in [1.165, 1.54) is 18.0 Å². The summed E-state index contributed by atoms with van der Waals surface area (Å²) in [6, 6.07) is 0. The van der Waals surface area contributed by atoms with Gasteiger partial charge in [-0.3, -0.25) is 14.3 Å². The van der Waals surface area contributed by atoms with E-state index in [0.717, 1.165) is 12.8 Å². The third kappa shape index (κ3) is 3.65. The predicted molar refractivity (Wildman–Crippen MR) is 73.9 cm³/mol. The molecule has 0 amide bonds. The van der Waals surface area contributed by atoms with E-state index in [-0.39, 0.29) is 11.5 Å². The molecule has 18 heavy (non-hydrogen) atoms. The van der Waals surface area contributed by atoms with E-state index in [0.29, 0.717) is 12.5 Å². The molecule has 0 aliphatic rings. The average Bonchev–Trinajstić information content (AvgIpc) is 2.29. The molecule has 6 nitrogen and oxygen atoms in total. The fourth-order valence-corrected chi connectivity index (χ4v) is 1.70. The highest BCUT2D eigenvalue weighted by Gasteiger charge is 2.08. The van der Waals surface area contributed by atoms with Gasteiger partial charge in [0.2, 0.25) is 0 Å². The zero-order chi connectivity index (χ0) is 13.7. The van der Waals surface area contributed by atoms with Crippen LogP contribution in [0.5, 0.6) is 0 Å². The van der Waals surface area contributed by atoms with Crippen LogP contribution in [0.4, 0.5) is 11.5 Å². The smallest absolute Gasteiger partial charge is 0.329 e. The molecule has 0 aromatic carbocycles. The Balaban J connectivity index is 2.61. The maximum Gasteiger partial charge on any atom is 0.329 e. The summed E-state index contributed by atoms with van der Waals surface area (Å²) in [7, 11) is 1.53. The maximum absolute atomic E-state index is 11.6. The molecule has 6 heteroatoms. The highest BCUT2D eigenvalue weighted by Crippen LogP contribution is 2.10. The first-order chi connectivity index (χ1) is 8.43. The summed E-state index contributed by atoms with van der Waals surface area (Å²) < 4.78 is 1.22. The molecule has 0 aliphatic carbocycles. The number of hydrogen-bond acceptors (Lipinski definition) is 4. The van der Waals surface area contributed by atoms with Crippen LogP contribution in [-0.2, 0) is 7.05 Å². The van der Waals surface area contributed by atoms with Crippen molar-refractivity contribution in [1.82, 2.24) is 9.55 Å². The molecule has 0 saturated heterocycles. The van der Waals surface area contributed by atoms with E-state index in [2.05, 4.69) is 24.1 Å². The number of unbranched alkanes of at least 4 members (excludes halogenated alkanes) is 1. The molecule has 0 unspecified atom stereocenters. The Morgan fingerprint density at radius 2 is 2.00 bits per heavy atom. The average molecular weight is 254 g/mol. The Kier molecular flexibility index (Phi) is 5.00. The molecular formula is C12H22N4O2. The summed E-state index contributed by atoms with van der Waals surface area (Å²) in [6.07, 6.45) is 3.24. The summed E-state index contributed by atoms with van der Waals surface area (Å²) in [6.45, 7) is 5.05. The lowest BCUT2D eigenvalue weighted by molar-refractivity contribution is 0.544. The van der Waals surface area contributed by atoms with E-state index in [4.69, 9.17) is 5.73 Å². The largest absolute Gasteiger partial charge is 0.383 e. The van der Waals surface area contributed by atoms with Crippen LogP contribution in [-0.4, -0.2) is 16.1 Å². The topological polar surface area (TPSA) is 92.9 Å². The molecule has 0 saturated carbocycles. The van der Waals surface area contributed by atoms with Gasteiger partial charge in [-0.15, -0.1) is 0 Å². The number of H-pyrrole nitrogens is 1. The Morgan fingerprint density at radius 1 is 1.33 bits per heavy atom. The molecule has 0 atom stereocenters. The molecule has 0 bridgehead atoms. The van der Waals surface area contributed by atoms with Gasteiger partial charge in [-0.05, 0) is 12.3 Å². The first kappa shape index (κ1) is 14.3. The normalized spacial score (nSPS) is 10.9. The summed E-state index contributed by atoms with van der Waals surface area (Å²) >= 11 is 0. The van der Waals surface area contributed by atoms with Gasteiger partial charge in [0.05, 0.1) is 0 Å². The summed E-state index contributed by atoms with van der Waals surface area (Å²) in [5, 5.41) is 2.99. The van der Waals surface area contributed by atoms with Crippen LogP contribution in [0.3, 0.4) is 0 Å². The second-order valence-electron chi connectivity index (χ2n) is 4.89. The zero-order valence-electron chi connectivity index (χ0n) is 11.2. The number of rotatable bonds is 6. The summed E-state index contributed by atoms with van der Waals surface area (Å²) in [5.74, 6) is 0.864. The first-order valence-corrected chi connectivity index (χ1v) is 6.26. The molecule has 102 valence electrons. The second kappa shape index (κ2) is 6.28. The van der Waals surface area contributed by atoms with E-state index in [9.17, 15) is 9.59 Å². The van der Waals surface area contributed by atoms with E-state index >= 15 is 0 Å². The first-order valence-electron chi connectivity index (χ1n) is 6.26. The molecule has 1 aromatic heterocycles. The van der Waals surface area contributed by atoms with Gasteiger partial charge < -0.3 is 11.1 Å². The van der Waals surface area contributed by atoms with Gasteiger partial charge in [-0.1, -0.05) is 26.7 Å². The lowest BCUT2D eigenvalue weighted by Crippen LogP contribution is -2.32. The van der Waals surface area contributed by atoms with Gasteiger partial charge >= 0.3 is 5.69 Å². The molecule has 1 aromatic rings. The molecular weight excluding hydrogens is 232 g/mol. The third-order valence-corrected chi connectivity index (χ3v) is 2.88. The quantitative estimate of drug-likeness (QED) is 0.657. The standard InChI is InChI=1S/C12H22N4O2/c1-8(2)6-4-5-7-14-9-10(13)16(3)12(18)15-11(9)17/h8,14H,4-7,13H2,1-3H3,(H,15,17,18). The van der Waals surface area contributed by atoms with E-state index in [1.807, 2.05) is 0 Å².